The minimum atomic E-state index is -0.717. The number of hydrogen-bond acceptors (Lipinski definition) is 4. The third-order valence-electron chi connectivity index (χ3n) is 2.90. The van der Waals surface area contributed by atoms with Gasteiger partial charge >= 0.3 is 6.09 Å². The molecule has 1 saturated carbocycles. The van der Waals surface area contributed by atoms with Gasteiger partial charge in [-0.05, 0) is 45.7 Å². The van der Waals surface area contributed by atoms with Crippen LogP contribution in [0.2, 0.25) is 0 Å². The smallest absolute Gasteiger partial charge is 0.415 e. The van der Waals surface area contributed by atoms with E-state index in [1.165, 1.54) is 11.0 Å². The highest BCUT2D eigenvalue weighted by atomic mass is 19.1. The predicted molar refractivity (Wildman–Crippen MR) is 74.8 cm³/mol. The first-order valence-electron chi connectivity index (χ1n) is 6.65. The summed E-state index contributed by atoms with van der Waals surface area (Å²) in [5.74, 6) is -0.717. The molecular formula is C14H17FN2O4. The van der Waals surface area contributed by atoms with Crippen molar-refractivity contribution in [2.24, 2.45) is 0 Å². The maximum Gasteiger partial charge on any atom is 0.415 e. The van der Waals surface area contributed by atoms with Crippen molar-refractivity contribution >= 4 is 17.5 Å². The summed E-state index contributed by atoms with van der Waals surface area (Å²) in [5.41, 5.74) is -1.08. The van der Waals surface area contributed by atoms with Crippen LogP contribution in [0.5, 0.6) is 0 Å². The van der Waals surface area contributed by atoms with Crippen LogP contribution in [-0.2, 0) is 4.74 Å². The van der Waals surface area contributed by atoms with Gasteiger partial charge in [-0.1, -0.05) is 0 Å². The molecule has 0 saturated heterocycles. The van der Waals surface area contributed by atoms with E-state index < -0.39 is 28.1 Å². The number of benzene rings is 1. The molecule has 1 fully saturated rings. The van der Waals surface area contributed by atoms with Crippen LogP contribution in [-0.4, -0.2) is 22.7 Å². The van der Waals surface area contributed by atoms with Crippen molar-refractivity contribution in [2.75, 3.05) is 4.90 Å². The molecule has 2 rings (SSSR count). The molecule has 7 heteroatoms. The van der Waals surface area contributed by atoms with Crippen molar-refractivity contribution in [1.82, 2.24) is 0 Å². The van der Waals surface area contributed by atoms with Gasteiger partial charge in [-0.15, -0.1) is 0 Å². The topological polar surface area (TPSA) is 72.7 Å². The minimum absolute atomic E-state index is 0.0677. The van der Waals surface area contributed by atoms with Crippen molar-refractivity contribution in [3.05, 3.63) is 34.1 Å². The van der Waals surface area contributed by atoms with Crippen LogP contribution in [0.25, 0.3) is 0 Å². The van der Waals surface area contributed by atoms with Crippen LogP contribution in [0.15, 0.2) is 18.2 Å². The number of amides is 1. The van der Waals surface area contributed by atoms with E-state index in [9.17, 15) is 19.3 Å². The van der Waals surface area contributed by atoms with Gasteiger partial charge in [-0.2, -0.15) is 0 Å². The number of carbonyl (C=O) groups excluding carboxylic acids is 1. The lowest BCUT2D eigenvalue weighted by Gasteiger charge is -2.27. The molecule has 0 radical (unpaired) electrons. The third-order valence-corrected chi connectivity index (χ3v) is 2.90. The summed E-state index contributed by atoms with van der Waals surface area (Å²) in [6, 6.07) is 3.02. The molecule has 0 aromatic heterocycles. The van der Waals surface area contributed by atoms with Crippen molar-refractivity contribution in [3.8, 4) is 0 Å². The normalized spacial score (nSPS) is 14.7. The Hall–Kier alpha value is -2.18. The first-order valence-corrected chi connectivity index (χ1v) is 6.65. The number of ether oxygens (including phenoxy) is 1. The molecule has 1 aromatic rings. The number of anilines is 1. The SMILES string of the molecule is CC(C)(C)OC(=O)N(c1ccc(F)cc1[N+](=O)[O-])C1CC1. The van der Waals surface area contributed by atoms with E-state index in [0.717, 1.165) is 25.0 Å². The van der Waals surface area contributed by atoms with E-state index in [0.29, 0.717) is 0 Å². The Morgan fingerprint density at radius 1 is 1.43 bits per heavy atom. The Morgan fingerprint density at radius 2 is 2.05 bits per heavy atom. The molecule has 0 heterocycles. The van der Waals surface area contributed by atoms with E-state index in [2.05, 4.69) is 0 Å². The second-order valence-corrected chi connectivity index (χ2v) is 5.97. The van der Waals surface area contributed by atoms with Crippen LogP contribution < -0.4 is 4.90 Å². The lowest BCUT2D eigenvalue weighted by atomic mass is 10.2. The molecule has 0 aliphatic heterocycles. The number of rotatable bonds is 3. The second-order valence-electron chi connectivity index (χ2n) is 5.97. The maximum absolute atomic E-state index is 13.2. The molecule has 1 aromatic carbocycles. The third kappa shape index (κ3) is 3.68. The summed E-state index contributed by atoms with van der Waals surface area (Å²) in [4.78, 5) is 23.9. The second kappa shape index (κ2) is 5.31. The summed E-state index contributed by atoms with van der Waals surface area (Å²) >= 11 is 0. The highest BCUT2D eigenvalue weighted by Gasteiger charge is 2.39. The molecule has 6 nitrogen and oxygen atoms in total. The van der Waals surface area contributed by atoms with Crippen LogP contribution in [0.3, 0.4) is 0 Å². The Morgan fingerprint density at radius 3 is 2.52 bits per heavy atom. The van der Waals surface area contributed by atoms with Gasteiger partial charge in [0.1, 0.15) is 17.1 Å². The fourth-order valence-corrected chi connectivity index (χ4v) is 1.93. The first-order chi connectivity index (χ1) is 9.69. The number of nitro benzene ring substituents is 1. The molecule has 114 valence electrons. The fraction of sp³-hybridized carbons (Fsp3) is 0.500. The van der Waals surface area contributed by atoms with Gasteiger partial charge in [-0.25, -0.2) is 9.18 Å². The summed E-state index contributed by atoms with van der Waals surface area (Å²) in [6.07, 6.45) is 0.835. The number of nitrogens with zero attached hydrogens (tertiary/aromatic N) is 2. The standard InChI is InChI=1S/C14H17FN2O4/c1-14(2,3)21-13(18)16(10-5-6-10)11-7-4-9(15)8-12(11)17(19)20/h4,7-8,10H,5-6H2,1-3H3. The first kappa shape index (κ1) is 15.2. The van der Waals surface area contributed by atoms with Gasteiger partial charge in [0.25, 0.3) is 5.69 Å². The van der Waals surface area contributed by atoms with Crippen LogP contribution >= 0.6 is 0 Å². The zero-order valence-corrected chi connectivity index (χ0v) is 12.1. The quantitative estimate of drug-likeness (QED) is 0.630. The predicted octanol–water partition coefficient (Wildman–Crippen LogP) is 3.64. The summed E-state index contributed by atoms with van der Waals surface area (Å²) in [6.45, 7) is 5.15. The molecule has 1 aliphatic carbocycles. The molecule has 0 unspecified atom stereocenters. The van der Waals surface area contributed by atoms with Gasteiger partial charge in [0.2, 0.25) is 0 Å². The van der Waals surface area contributed by atoms with Crippen LogP contribution in [0, 0.1) is 15.9 Å². The minimum Gasteiger partial charge on any atom is -0.443 e. The number of carbonyl (C=O) groups is 1. The average molecular weight is 296 g/mol. The molecule has 0 atom stereocenters. The van der Waals surface area contributed by atoms with Gasteiger partial charge < -0.3 is 4.74 Å². The van der Waals surface area contributed by atoms with Gasteiger partial charge in [0.05, 0.1) is 11.0 Å². The van der Waals surface area contributed by atoms with Gasteiger partial charge in [0, 0.05) is 6.04 Å². The van der Waals surface area contributed by atoms with Crippen molar-refractivity contribution < 1.29 is 18.8 Å². The Labute approximate surface area is 121 Å². The molecule has 0 spiro atoms. The van der Waals surface area contributed by atoms with Crippen molar-refractivity contribution in [3.63, 3.8) is 0 Å². The largest absolute Gasteiger partial charge is 0.443 e. The fourth-order valence-electron chi connectivity index (χ4n) is 1.93. The maximum atomic E-state index is 13.2. The Balaban J connectivity index is 2.39. The average Bonchev–Trinajstić information content (AvgIpc) is 3.13. The highest BCUT2D eigenvalue weighted by Crippen LogP contribution is 2.38. The lowest BCUT2D eigenvalue weighted by molar-refractivity contribution is -0.384. The number of halogens is 1. The molecule has 0 N–H and O–H groups in total. The zero-order valence-electron chi connectivity index (χ0n) is 12.1. The van der Waals surface area contributed by atoms with E-state index in [1.54, 1.807) is 20.8 Å². The monoisotopic (exact) mass is 296 g/mol. The molecule has 0 bridgehead atoms. The van der Waals surface area contributed by atoms with E-state index in [4.69, 9.17) is 4.74 Å². The Kier molecular flexibility index (Phi) is 3.85. The van der Waals surface area contributed by atoms with Crippen molar-refractivity contribution in [2.45, 2.75) is 45.3 Å². The number of nitro groups is 1. The van der Waals surface area contributed by atoms with Crippen LogP contribution in [0.1, 0.15) is 33.6 Å². The summed E-state index contributed by atoms with van der Waals surface area (Å²) < 4.78 is 18.5. The summed E-state index contributed by atoms with van der Waals surface area (Å²) in [7, 11) is 0. The molecular weight excluding hydrogens is 279 g/mol. The molecule has 1 aliphatic rings. The Bertz CT molecular complexity index is 579. The van der Waals surface area contributed by atoms with Gasteiger partial charge in [0.15, 0.2) is 0 Å². The lowest BCUT2D eigenvalue weighted by Crippen LogP contribution is -2.38. The van der Waals surface area contributed by atoms with Crippen LogP contribution in [0.4, 0.5) is 20.6 Å². The zero-order chi connectivity index (χ0) is 15.8. The van der Waals surface area contributed by atoms with Crippen molar-refractivity contribution in [1.29, 1.82) is 0 Å². The van der Waals surface area contributed by atoms with E-state index >= 15 is 0 Å². The number of hydrogen-bond donors (Lipinski definition) is 0. The van der Waals surface area contributed by atoms with E-state index in [1.807, 2.05) is 0 Å². The molecule has 21 heavy (non-hydrogen) atoms. The molecule has 1 amide bonds. The summed E-state index contributed by atoms with van der Waals surface area (Å²) in [5, 5.41) is 11.1. The van der Waals surface area contributed by atoms with E-state index in [-0.39, 0.29) is 11.7 Å². The van der Waals surface area contributed by atoms with Gasteiger partial charge in [-0.3, -0.25) is 15.0 Å². The highest BCUT2D eigenvalue weighted by molar-refractivity contribution is 5.92.